The maximum Gasteiger partial charge on any atom is 0.220 e. The highest BCUT2D eigenvalue weighted by molar-refractivity contribution is 6.01. The van der Waals surface area contributed by atoms with E-state index in [0.29, 0.717) is 12.2 Å². The number of ether oxygens (including phenoxy) is 2. The van der Waals surface area contributed by atoms with E-state index in [-0.39, 0.29) is 41.4 Å². The average Bonchev–Trinajstić information content (AvgIpc) is 3.33. The Kier molecular flexibility index (Phi) is 3.66. The fraction of sp³-hybridized carbons (Fsp3) is 0.304. The maximum absolute atomic E-state index is 13.6. The summed E-state index contributed by atoms with van der Waals surface area (Å²) >= 11 is 0. The molecule has 0 aliphatic carbocycles. The highest BCUT2D eigenvalue weighted by atomic mass is 19.1. The summed E-state index contributed by atoms with van der Waals surface area (Å²) in [5.41, 5.74) is 2.59. The molecule has 1 N–H and O–H groups in total. The van der Waals surface area contributed by atoms with Gasteiger partial charge in [-0.1, -0.05) is 24.3 Å². The topological polar surface area (TPSA) is 57.0 Å². The van der Waals surface area contributed by atoms with Crippen LogP contribution < -0.4 is 4.90 Å². The first kappa shape index (κ1) is 17.2. The van der Waals surface area contributed by atoms with Gasteiger partial charge in [0.25, 0.3) is 0 Å². The summed E-state index contributed by atoms with van der Waals surface area (Å²) in [6, 6.07) is 13.0. The zero-order valence-electron chi connectivity index (χ0n) is 15.5. The zero-order chi connectivity index (χ0) is 19.7. The summed E-state index contributed by atoms with van der Waals surface area (Å²) in [4.78, 5) is 27.8. The van der Waals surface area contributed by atoms with Crippen molar-refractivity contribution in [3.05, 3.63) is 77.2 Å². The number of benzene rings is 2. The molecule has 6 rings (SSSR count). The molecule has 4 aliphatic heterocycles. The Morgan fingerprint density at radius 2 is 1.90 bits per heavy atom. The Labute approximate surface area is 166 Å². The number of carbonyl (C=O) groups is 2. The number of Topliss-reactive ketones (excluding diaryl/α,β-unsaturated/α-hetero) is 2. The van der Waals surface area contributed by atoms with Crippen molar-refractivity contribution in [2.75, 3.05) is 6.61 Å². The normalized spacial score (nSPS) is 36.4. The van der Waals surface area contributed by atoms with E-state index in [0.717, 1.165) is 16.0 Å². The van der Waals surface area contributed by atoms with Crippen LogP contribution in [0.25, 0.3) is 6.08 Å². The van der Waals surface area contributed by atoms with Crippen LogP contribution >= 0.6 is 0 Å². The number of halogens is 1. The Balaban J connectivity index is 1.50. The fourth-order valence-electron chi connectivity index (χ4n) is 5.61. The second-order valence-corrected chi connectivity index (χ2v) is 8.13. The summed E-state index contributed by atoms with van der Waals surface area (Å²) in [5, 5.41) is 0. The van der Waals surface area contributed by atoms with Crippen molar-refractivity contribution >= 4 is 17.6 Å². The zero-order valence-corrected chi connectivity index (χ0v) is 15.5. The molecule has 7 atom stereocenters. The largest absolute Gasteiger partial charge is 0.343 e. The molecular formula is C23H19FNO4+. The summed E-state index contributed by atoms with van der Waals surface area (Å²) in [7, 11) is 0. The first-order valence-electron chi connectivity index (χ1n) is 9.88. The van der Waals surface area contributed by atoms with Gasteiger partial charge < -0.3 is 9.47 Å². The molecule has 3 saturated heterocycles. The molecule has 29 heavy (non-hydrogen) atoms. The molecule has 4 heterocycles. The van der Waals surface area contributed by atoms with Crippen LogP contribution in [-0.2, 0) is 14.3 Å². The smallest absolute Gasteiger partial charge is 0.220 e. The van der Waals surface area contributed by atoms with Crippen molar-refractivity contribution in [2.24, 2.45) is 11.8 Å². The van der Waals surface area contributed by atoms with Crippen molar-refractivity contribution in [1.82, 2.24) is 0 Å². The van der Waals surface area contributed by atoms with Crippen LogP contribution in [0.2, 0.25) is 0 Å². The molecule has 2 bridgehead atoms. The minimum atomic E-state index is -0.833. The van der Waals surface area contributed by atoms with Gasteiger partial charge in [0.05, 0.1) is 30.7 Å². The van der Waals surface area contributed by atoms with Gasteiger partial charge in [0.15, 0.2) is 11.8 Å². The summed E-state index contributed by atoms with van der Waals surface area (Å²) in [6.07, 6.45) is 2.89. The minimum absolute atomic E-state index is 0.0780. The first-order chi connectivity index (χ1) is 14.1. The molecule has 0 saturated carbocycles. The monoisotopic (exact) mass is 392 g/mol. The Morgan fingerprint density at radius 3 is 2.72 bits per heavy atom. The van der Waals surface area contributed by atoms with Gasteiger partial charge in [0, 0.05) is 11.1 Å². The standard InChI is InChI=1S/C23H18FNO4/c24-14-7-5-13(6-8-14)21(26)20-17-16-11-28-23(29-16)22(27)18(17)19-15-4-2-1-3-12(15)9-10-25(19)20/h1-10,16-20,23H,11H2/p+1/t16-,17-,18-,19+,20-,23-/m1/s1. The second kappa shape index (κ2) is 6.16. The number of carbonyl (C=O) groups excluding carboxylic acids is 2. The van der Waals surface area contributed by atoms with E-state index >= 15 is 0 Å². The lowest BCUT2D eigenvalue weighted by atomic mass is 9.75. The van der Waals surface area contributed by atoms with Gasteiger partial charge in [0.1, 0.15) is 11.9 Å². The van der Waals surface area contributed by atoms with Crippen molar-refractivity contribution in [1.29, 1.82) is 0 Å². The van der Waals surface area contributed by atoms with Crippen LogP contribution in [0, 0.1) is 17.7 Å². The molecule has 0 amide bonds. The van der Waals surface area contributed by atoms with E-state index in [4.69, 9.17) is 9.47 Å². The molecule has 0 spiro atoms. The van der Waals surface area contributed by atoms with E-state index in [2.05, 4.69) is 0 Å². The first-order valence-corrected chi connectivity index (χ1v) is 9.88. The van der Waals surface area contributed by atoms with Crippen LogP contribution in [0.4, 0.5) is 4.39 Å². The predicted molar refractivity (Wildman–Crippen MR) is 100 cm³/mol. The van der Waals surface area contributed by atoms with Crippen molar-refractivity contribution in [3.8, 4) is 0 Å². The predicted octanol–water partition coefficient (Wildman–Crippen LogP) is 1.56. The average molecular weight is 392 g/mol. The number of rotatable bonds is 2. The van der Waals surface area contributed by atoms with Crippen LogP contribution in [0.15, 0.2) is 54.7 Å². The van der Waals surface area contributed by atoms with Crippen molar-refractivity contribution in [3.63, 3.8) is 0 Å². The highest BCUT2D eigenvalue weighted by Crippen LogP contribution is 2.46. The summed E-state index contributed by atoms with van der Waals surface area (Å²) in [5.74, 6) is -1.19. The lowest BCUT2D eigenvalue weighted by Gasteiger charge is -2.30. The molecule has 0 radical (unpaired) electrons. The molecule has 4 aliphatic rings. The minimum Gasteiger partial charge on any atom is -0.343 e. The lowest BCUT2D eigenvalue weighted by Crippen LogP contribution is -3.11. The lowest BCUT2D eigenvalue weighted by molar-refractivity contribution is -0.884. The van der Waals surface area contributed by atoms with E-state index in [1.807, 2.05) is 36.5 Å². The molecule has 0 aromatic heterocycles. The van der Waals surface area contributed by atoms with E-state index in [1.54, 1.807) is 0 Å². The van der Waals surface area contributed by atoms with Gasteiger partial charge in [-0.3, -0.25) is 14.5 Å². The number of hydrogen-bond donors (Lipinski definition) is 1. The number of nitrogens with one attached hydrogen (secondary N) is 1. The summed E-state index contributed by atoms with van der Waals surface area (Å²) in [6.45, 7) is 0.316. The van der Waals surface area contributed by atoms with Crippen LogP contribution in [0.5, 0.6) is 0 Å². The molecule has 2 aromatic rings. The van der Waals surface area contributed by atoms with E-state index in [9.17, 15) is 14.0 Å². The fourth-order valence-corrected chi connectivity index (χ4v) is 5.61. The molecule has 146 valence electrons. The molecule has 6 heteroatoms. The molecule has 1 unspecified atom stereocenters. The molecule has 3 fully saturated rings. The van der Waals surface area contributed by atoms with Gasteiger partial charge in [-0.05, 0) is 35.9 Å². The second-order valence-electron chi connectivity index (χ2n) is 8.13. The Morgan fingerprint density at radius 1 is 1.10 bits per heavy atom. The number of hydrogen-bond acceptors (Lipinski definition) is 4. The van der Waals surface area contributed by atoms with Gasteiger partial charge in [-0.15, -0.1) is 0 Å². The van der Waals surface area contributed by atoms with E-state index in [1.165, 1.54) is 24.3 Å². The van der Waals surface area contributed by atoms with Gasteiger partial charge in [-0.25, -0.2) is 4.39 Å². The SMILES string of the molecule is O=C1[C@@H]2OC[C@@H](O2)[C@@H]2[C@@H]1[C@@H]1c3ccccc3C=C[NH+]1[C@H]2C(=O)c1ccc(F)cc1. The highest BCUT2D eigenvalue weighted by Gasteiger charge is 2.67. The summed E-state index contributed by atoms with van der Waals surface area (Å²) < 4.78 is 24.8. The van der Waals surface area contributed by atoms with Crippen molar-refractivity contribution < 1.29 is 28.4 Å². The number of fused-ring (bicyclic) bond motifs is 8. The van der Waals surface area contributed by atoms with Crippen LogP contribution in [0.3, 0.4) is 0 Å². The molecule has 5 nitrogen and oxygen atoms in total. The van der Waals surface area contributed by atoms with Crippen LogP contribution in [-0.4, -0.2) is 36.6 Å². The van der Waals surface area contributed by atoms with Crippen LogP contribution in [0.1, 0.15) is 27.5 Å². The third kappa shape index (κ3) is 2.37. The molecule has 2 aromatic carbocycles. The van der Waals surface area contributed by atoms with Crippen molar-refractivity contribution in [2.45, 2.75) is 24.5 Å². The number of ketones is 2. The number of quaternary nitrogens is 1. The Bertz CT molecular complexity index is 1050. The quantitative estimate of drug-likeness (QED) is 0.789. The Hall–Kier alpha value is -2.67. The van der Waals surface area contributed by atoms with E-state index < -0.39 is 12.3 Å². The third-order valence-electron chi connectivity index (χ3n) is 6.77. The molecular weight excluding hydrogens is 373 g/mol. The van der Waals surface area contributed by atoms with Gasteiger partial charge in [0.2, 0.25) is 12.1 Å². The maximum atomic E-state index is 13.6. The van der Waals surface area contributed by atoms with Gasteiger partial charge >= 0.3 is 0 Å². The third-order valence-corrected chi connectivity index (χ3v) is 6.77. The van der Waals surface area contributed by atoms with Gasteiger partial charge in [-0.2, -0.15) is 0 Å².